The Morgan fingerprint density at radius 2 is 1.56 bits per heavy atom. The van der Waals surface area contributed by atoms with Gasteiger partial charge in [-0.05, 0) is 73.5 Å². The highest BCUT2D eigenvalue weighted by molar-refractivity contribution is 6.53. The maximum Gasteiger partial charge on any atom is 0.337 e. The van der Waals surface area contributed by atoms with Crippen LogP contribution < -0.4 is 15.5 Å². The molecule has 1 aliphatic rings. The fourth-order valence-corrected chi connectivity index (χ4v) is 3.91. The minimum atomic E-state index is -0.608. The summed E-state index contributed by atoms with van der Waals surface area (Å²) >= 11 is 6.24. The van der Waals surface area contributed by atoms with Gasteiger partial charge in [-0.3, -0.25) is 14.4 Å². The molecule has 9 heteroatoms. The van der Waals surface area contributed by atoms with Crippen molar-refractivity contribution >= 4 is 52.4 Å². The molecule has 0 spiro atoms. The molecule has 36 heavy (non-hydrogen) atoms. The van der Waals surface area contributed by atoms with Crippen LogP contribution in [0.3, 0.4) is 0 Å². The van der Waals surface area contributed by atoms with Crippen molar-refractivity contribution in [1.29, 1.82) is 0 Å². The van der Waals surface area contributed by atoms with Crippen molar-refractivity contribution in [2.24, 2.45) is 0 Å². The van der Waals surface area contributed by atoms with Crippen molar-refractivity contribution in [3.63, 3.8) is 0 Å². The number of anilines is 3. The van der Waals surface area contributed by atoms with Crippen LogP contribution in [0.4, 0.5) is 17.1 Å². The summed E-state index contributed by atoms with van der Waals surface area (Å²) in [6.45, 7) is 3.73. The standard InChI is InChI=1S/C27H22ClN3O5/c1-15-6-4-9-21(16(15)2)31-25(33)22(28)23(26(31)34)29-19-12-10-17(11-13-19)24(32)30-20-8-5-7-18(14-20)27(35)36-3/h4-14,29H,1-3H3,(H,30,32). The first-order chi connectivity index (χ1) is 17.2. The molecular formula is C27H22ClN3O5. The third-order valence-corrected chi connectivity index (χ3v) is 6.15. The topological polar surface area (TPSA) is 105 Å². The number of hydrogen-bond donors (Lipinski definition) is 2. The van der Waals surface area contributed by atoms with E-state index in [-0.39, 0.29) is 10.7 Å². The number of esters is 1. The molecule has 182 valence electrons. The number of carbonyl (C=O) groups excluding carboxylic acids is 4. The summed E-state index contributed by atoms with van der Waals surface area (Å²) < 4.78 is 4.69. The molecule has 0 aliphatic carbocycles. The Balaban J connectivity index is 1.48. The average Bonchev–Trinajstić information content (AvgIpc) is 3.08. The molecule has 0 bridgehead atoms. The van der Waals surface area contributed by atoms with E-state index in [2.05, 4.69) is 10.6 Å². The average molecular weight is 504 g/mol. The maximum absolute atomic E-state index is 13.1. The summed E-state index contributed by atoms with van der Waals surface area (Å²) in [6, 6.07) is 18.0. The molecule has 0 saturated heterocycles. The maximum atomic E-state index is 13.1. The van der Waals surface area contributed by atoms with Crippen molar-refractivity contribution in [1.82, 2.24) is 0 Å². The van der Waals surface area contributed by atoms with Crippen LogP contribution in [-0.4, -0.2) is 30.8 Å². The number of rotatable bonds is 6. The number of hydrogen-bond acceptors (Lipinski definition) is 6. The van der Waals surface area contributed by atoms with Gasteiger partial charge in [-0.15, -0.1) is 0 Å². The van der Waals surface area contributed by atoms with E-state index in [1.165, 1.54) is 13.2 Å². The molecule has 0 saturated carbocycles. The summed E-state index contributed by atoms with van der Waals surface area (Å²) in [5.74, 6) is -2.08. The quantitative estimate of drug-likeness (QED) is 0.370. The zero-order valence-corrected chi connectivity index (χ0v) is 20.5. The van der Waals surface area contributed by atoms with Crippen LogP contribution in [0.2, 0.25) is 0 Å². The summed E-state index contributed by atoms with van der Waals surface area (Å²) in [5.41, 5.74) is 3.73. The lowest BCUT2D eigenvalue weighted by Crippen LogP contribution is -2.33. The van der Waals surface area contributed by atoms with Crippen LogP contribution >= 0.6 is 11.6 Å². The molecule has 1 aliphatic heterocycles. The number of benzene rings is 3. The Kier molecular flexibility index (Phi) is 6.89. The number of imide groups is 1. The Morgan fingerprint density at radius 3 is 2.25 bits per heavy atom. The van der Waals surface area contributed by atoms with Crippen molar-refractivity contribution in [3.05, 3.63) is 99.7 Å². The largest absolute Gasteiger partial charge is 0.465 e. The lowest BCUT2D eigenvalue weighted by molar-refractivity contribution is -0.120. The molecule has 3 aromatic carbocycles. The number of nitrogens with zero attached hydrogens (tertiary/aromatic N) is 1. The second kappa shape index (κ2) is 10.1. The Hall–Kier alpha value is -4.43. The van der Waals surface area contributed by atoms with Crippen LogP contribution in [0.25, 0.3) is 0 Å². The summed E-state index contributed by atoms with van der Waals surface area (Å²) in [5, 5.41) is 5.41. The molecule has 1 heterocycles. The molecular weight excluding hydrogens is 482 g/mol. The van der Waals surface area contributed by atoms with E-state index < -0.39 is 23.7 Å². The molecule has 2 N–H and O–H groups in total. The fraction of sp³-hybridized carbons (Fsp3) is 0.111. The van der Waals surface area contributed by atoms with Gasteiger partial charge in [0.05, 0.1) is 18.4 Å². The van der Waals surface area contributed by atoms with E-state index >= 15 is 0 Å². The van der Waals surface area contributed by atoms with Gasteiger partial charge in [0.25, 0.3) is 17.7 Å². The number of aryl methyl sites for hydroxylation is 1. The van der Waals surface area contributed by atoms with E-state index in [1.54, 1.807) is 54.6 Å². The number of methoxy groups -OCH3 is 1. The third-order valence-electron chi connectivity index (χ3n) is 5.80. The van der Waals surface area contributed by atoms with Crippen molar-refractivity contribution in [2.45, 2.75) is 13.8 Å². The first-order valence-corrected chi connectivity index (χ1v) is 11.3. The van der Waals surface area contributed by atoms with Gasteiger partial charge < -0.3 is 15.4 Å². The first-order valence-electron chi connectivity index (χ1n) is 10.9. The van der Waals surface area contributed by atoms with E-state index in [4.69, 9.17) is 16.3 Å². The van der Waals surface area contributed by atoms with E-state index in [9.17, 15) is 19.2 Å². The molecule has 0 atom stereocenters. The fourth-order valence-electron chi connectivity index (χ4n) is 3.70. The normalized spacial score (nSPS) is 13.2. The predicted octanol–water partition coefficient (Wildman–Crippen LogP) is 4.78. The van der Waals surface area contributed by atoms with Crippen LogP contribution in [0.15, 0.2) is 77.5 Å². The van der Waals surface area contributed by atoms with Crippen molar-refractivity contribution in [3.8, 4) is 0 Å². The summed E-state index contributed by atoms with van der Waals surface area (Å²) in [7, 11) is 1.28. The minimum absolute atomic E-state index is 0.0422. The number of nitrogens with one attached hydrogen (secondary N) is 2. The second-order valence-electron chi connectivity index (χ2n) is 8.08. The minimum Gasteiger partial charge on any atom is -0.465 e. The SMILES string of the molecule is COC(=O)c1cccc(NC(=O)c2ccc(NC3=C(Cl)C(=O)N(c4cccc(C)c4C)C3=O)cc2)c1. The van der Waals surface area contributed by atoms with Gasteiger partial charge in [0.2, 0.25) is 0 Å². The highest BCUT2D eigenvalue weighted by atomic mass is 35.5. The molecule has 0 unspecified atom stereocenters. The van der Waals surface area contributed by atoms with Crippen LogP contribution in [0.1, 0.15) is 31.8 Å². The van der Waals surface area contributed by atoms with Gasteiger partial charge in [-0.25, -0.2) is 9.69 Å². The van der Waals surface area contributed by atoms with Gasteiger partial charge in [-0.1, -0.05) is 29.8 Å². The lowest BCUT2D eigenvalue weighted by atomic mass is 10.1. The van der Waals surface area contributed by atoms with Crippen LogP contribution in [0.5, 0.6) is 0 Å². The van der Waals surface area contributed by atoms with E-state index in [0.29, 0.717) is 28.2 Å². The zero-order valence-electron chi connectivity index (χ0n) is 19.7. The van der Waals surface area contributed by atoms with Gasteiger partial charge in [0.1, 0.15) is 10.7 Å². The number of ether oxygens (including phenoxy) is 1. The predicted molar refractivity (Wildman–Crippen MR) is 137 cm³/mol. The van der Waals surface area contributed by atoms with E-state index in [1.807, 2.05) is 19.9 Å². The summed E-state index contributed by atoms with van der Waals surface area (Å²) in [6.07, 6.45) is 0. The molecule has 3 aromatic rings. The molecule has 0 fully saturated rings. The van der Waals surface area contributed by atoms with E-state index in [0.717, 1.165) is 16.0 Å². The lowest BCUT2D eigenvalue weighted by Gasteiger charge is -2.18. The number of halogens is 1. The number of carbonyl (C=O) groups is 4. The molecule has 0 aromatic heterocycles. The third kappa shape index (κ3) is 4.71. The van der Waals surface area contributed by atoms with Gasteiger partial charge in [-0.2, -0.15) is 0 Å². The van der Waals surface area contributed by atoms with Crippen molar-refractivity contribution < 1.29 is 23.9 Å². The Labute approximate surface area is 212 Å². The Bertz CT molecular complexity index is 1430. The molecule has 3 amide bonds. The smallest absolute Gasteiger partial charge is 0.337 e. The summed E-state index contributed by atoms with van der Waals surface area (Å²) in [4.78, 5) is 51.2. The monoisotopic (exact) mass is 503 g/mol. The van der Waals surface area contributed by atoms with Crippen LogP contribution in [0, 0.1) is 13.8 Å². The molecule has 0 radical (unpaired) electrons. The van der Waals surface area contributed by atoms with Crippen LogP contribution in [-0.2, 0) is 14.3 Å². The zero-order chi connectivity index (χ0) is 26.0. The first kappa shape index (κ1) is 24.7. The second-order valence-corrected chi connectivity index (χ2v) is 8.46. The van der Waals surface area contributed by atoms with Gasteiger partial charge >= 0.3 is 5.97 Å². The highest BCUT2D eigenvalue weighted by Crippen LogP contribution is 2.33. The Morgan fingerprint density at radius 1 is 0.861 bits per heavy atom. The van der Waals surface area contributed by atoms with Crippen molar-refractivity contribution in [2.75, 3.05) is 22.6 Å². The molecule has 4 rings (SSSR count). The van der Waals surface area contributed by atoms with Gasteiger partial charge in [0.15, 0.2) is 0 Å². The highest BCUT2D eigenvalue weighted by Gasteiger charge is 2.39. The van der Waals surface area contributed by atoms with Gasteiger partial charge in [0, 0.05) is 16.9 Å². The number of amides is 3. The molecule has 8 nitrogen and oxygen atoms in total.